The minimum Gasteiger partial charge on any atom is -0.390 e. The van der Waals surface area contributed by atoms with Crippen molar-refractivity contribution in [2.75, 3.05) is 17.7 Å². The molecule has 0 saturated carbocycles. The number of benzene rings is 1. The zero-order valence-corrected chi connectivity index (χ0v) is 14.3. The third-order valence-corrected chi connectivity index (χ3v) is 4.38. The maximum absolute atomic E-state index is 10.9. The zero-order valence-electron chi connectivity index (χ0n) is 8.79. The van der Waals surface area contributed by atoms with Crippen molar-refractivity contribution in [3.8, 4) is 0 Å². The Balaban J connectivity index is 3.11. The Kier molecular flexibility index (Phi) is 6.32. The molecule has 100 valence electrons. The molecule has 0 amide bonds. The summed E-state index contributed by atoms with van der Waals surface area (Å²) < 4.78 is 1.29. The van der Waals surface area contributed by atoms with E-state index in [4.69, 9.17) is 11.6 Å². The molecule has 1 aromatic rings. The van der Waals surface area contributed by atoms with Crippen molar-refractivity contribution in [2.45, 2.75) is 6.10 Å². The summed E-state index contributed by atoms with van der Waals surface area (Å²) in [5.41, 5.74) is 0.412. The summed E-state index contributed by atoms with van der Waals surface area (Å²) >= 11 is 15.1. The second-order valence-electron chi connectivity index (χ2n) is 3.32. The van der Waals surface area contributed by atoms with E-state index in [2.05, 4.69) is 53.1 Å². The van der Waals surface area contributed by atoms with Gasteiger partial charge >= 0.3 is 0 Å². The maximum atomic E-state index is 10.9. The molecule has 0 aliphatic rings. The molecule has 9 heteroatoms. The summed E-state index contributed by atoms with van der Waals surface area (Å²) in [4.78, 5) is 10.4. The van der Waals surface area contributed by atoms with Crippen LogP contribution in [0.1, 0.15) is 0 Å². The Bertz CT molecular complexity index is 473. The Labute approximate surface area is 133 Å². The third-order valence-electron chi connectivity index (χ3n) is 2.02. The summed E-state index contributed by atoms with van der Waals surface area (Å²) in [6.07, 6.45) is -0.729. The number of anilines is 1. The lowest BCUT2D eigenvalue weighted by molar-refractivity contribution is -0.386. The van der Waals surface area contributed by atoms with Gasteiger partial charge in [0.25, 0.3) is 5.69 Å². The number of nitro groups is 1. The van der Waals surface area contributed by atoms with Crippen LogP contribution in [0.3, 0.4) is 0 Å². The Morgan fingerprint density at radius 2 is 2.06 bits per heavy atom. The van der Waals surface area contributed by atoms with E-state index in [0.717, 1.165) is 0 Å². The Morgan fingerprint density at radius 3 is 2.56 bits per heavy atom. The van der Waals surface area contributed by atoms with Gasteiger partial charge in [-0.15, -0.1) is 11.6 Å². The second-order valence-corrected chi connectivity index (χ2v) is 6.13. The van der Waals surface area contributed by atoms with E-state index in [1.165, 1.54) is 0 Å². The number of nitro benzene ring substituents is 1. The minimum absolute atomic E-state index is 0.0823. The molecule has 0 heterocycles. The van der Waals surface area contributed by atoms with Gasteiger partial charge < -0.3 is 10.4 Å². The van der Waals surface area contributed by atoms with Gasteiger partial charge in [0.15, 0.2) is 0 Å². The van der Waals surface area contributed by atoms with E-state index in [1.54, 1.807) is 6.07 Å². The Morgan fingerprint density at radius 1 is 1.44 bits per heavy atom. The van der Waals surface area contributed by atoms with Crippen molar-refractivity contribution in [2.24, 2.45) is 0 Å². The van der Waals surface area contributed by atoms with Gasteiger partial charge in [-0.3, -0.25) is 10.1 Å². The fourth-order valence-electron chi connectivity index (χ4n) is 1.18. The van der Waals surface area contributed by atoms with Crippen LogP contribution in [0, 0.1) is 10.1 Å². The minimum atomic E-state index is -0.729. The number of alkyl halides is 1. The molecule has 1 atom stereocenters. The number of rotatable bonds is 5. The molecule has 0 aliphatic carbocycles. The normalized spacial score (nSPS) is 12.3. The first kappa shape index (κ1) is 16.2. The molecule has 18 heavy (non-hydrogen) atoms. The van der Waals surface area contributed by atoms with Gasteiger partial charge in [0.1, 0.15) is 4.47 Å². The largest absolute Gasteiger partial charge is 0.390 e. The SMILES string of the molecule is O=[N+]([O-])c1c(Br)cc(Br)c(NCC(O)CCl)c1Br. The van der Waals surface area contributed by atoms with E-state index in [0.29, 0.717) is 19.1 Å². The predicted molar refractivity (Wildman–Crippen MR) is 81.4 cm³/mol. The predicted octanol–water partition coefficient (Wildman–Crippen LogP) is 3.89. The average Bonchev–Trinajstić information content (AvgIpc) is 2.27. The van der Waals surface area contributed by atoms with Crippen LogP contribution in [0.25, 0.3) is 0 Å². The molecular formula is C9H8Br3ClN2O3. The molecular weight excluding hydrogens is 459 g/mol. The molecule has 0 radical (unpaired) electrons. The van der Waals surface area contributed by atoms with Crippen LogP contribution in [0.4, 0.5) is 11.4 Å². The molecule has 0 aliphatic heterocycles. The number of aliphatic hydroxyl groups excluding tert-OH is 1. The van der Waals surface area contributed by atoms with Crippen molar-refractivity contribution in [1.82, 2.24) is 0 Å². The highest BCUT2D eigenvalue weighted by atomic mass is 79.9. The molecule has 0 saturated heterocycles. The molecule has 1 aromatic carbocycles. The number of hydrogen-bond donors (Lipinski definition) is 2. The highest BCUT2D eigenvalue weighted by Crippen LogP contribution is 2.43. The van der Waals surface area contributed by atoms with E-state index in [1.807, 2.05) is 0 Å². The van der Waals surface area contributed by atoms with Crippen molar-refractivity contribution in [3.63, 3.8) is 0 Å². The van der Waals surface area contributed by atoms with Crippen LogP contribution < -0.4 is 5.32 Å². The van der Waals surface area contributed by atoms with Gasteiger partial charge in [-0.2, -0.15) is 0 Å². The number of halogens is 4. The fraction of sp³-hybridized carbons (Fsp3) is 0.333. The standard InChI is InChI=1S/C9H8Br3ClN2O3/c10-5-1-6(11)9(15(17)18)7(12)8(5)14-3-4(16)2-13/h1,4,14,16H,2-3H2. The van der Waals surface area contributed by atoms with Gasteiger partial charge in [-0.25, -0.2) is 0 Å². The summed E-state index contributed by atoms with van der Waals surface area (Å²) in [5.74, 6) is 0.0842. The highest BCUT2D eigenvalue weighted by Gasteiger charge is 2.23. The van der Waals surface area contributed by atoms with Gasteiger partial charge in [-0.05, 0) is 53.9 Å². The number of aliphatic hydroxyl groups is 1. The van der Waals surface area contributed by atoms with Crippen molar-refractivity contribution >= 4 is 70.8 Å². The summed E-state index contributed by atoms with van der Waals surface area (Å²) in [7, 11) is 0. The van der Waals surface area contributed by atoms with Gasteiger partial charge in [0.2, 0.25) is 0 Å². The molecule has 0 aromatic heterocycles. The van der Waals surface area contributed by atoms with E-state index in [-0.39, 0.29) is 18.1 Å². The quantitative estimate of drug-likeness (QED) is 0.392. The topological polar surface area (TPSA) is 75.4 Å². The van der Waals surface area contributed by atoms with Gasteiger partial charge in [0.05, 0.1) is 27.1 Å². The van der Waals surface area contributed by atoms with Crippen LogP contribution in [-0.4, -0.2) is 28.6 Å². The van der Waals surface area contributed by atoms with E-state index < -0.39 is 11.0 Å². The van der Waals surface area contributed by atoms with Crippen LogP contribution >= 0.6 is 59.4 Å². The number of hydrogen-bond acceptors (Lipinski definition) is 4. The van der Waals surface area contributed by atoms with Gasteiger partial charge in [0, 0.05) is 11.0 Å². The van der Waals surface area contributed by atoms with Crippen LogP contribution in [-0.2, 0) is 0 Å². The molecule has 0 bridgehead atoms. The molecule has 1 unspecified atom stereocenters. The smallest absolute Gasteiger partial charge is 0.299 e. The molecule has 0 fully saturated rings. The number of nitrogens with zero attached hydrogens (tertiary/aromatic N) is 1. The second kappa shape index (κ2) is 7.04. The zero-order chi connectivity index (χ0) is 13.9. The third kappa shape index (κ3) is 3.80. The summed E-state index contributed by atoms with van der Waals surface area (Å²) in [6, 6.07) is 1.57. The summed E-state index contributed by atoms with van der Waals surface area (Å²) in [6.45, 7) is 0.194. The van der Waals surface area contributed by atoms with E-state index in [9.17, 15) is 15.2 Å². The average molecular weight is 467 g/mol. The van der Waals surface area contributed by atoms with Crippen molar-refractivity contribution < 1.29 is 10.0 Å². The van der Waals surface area contributed by atoms with Crippen LogP contribution in [0.15, 0.2) is 19.5 Å². The van der Waals surface area contributed by atoms with Crippen molar-refractivity contribution in [1.29, 1.82) is 0 Å². The van der Waals surface area contributed by atoms with Crippen LogP contribution in [0.2, 0.25) is 0 Å². The Hall–Kier alpha value is 0.110. The first-order valence-corrected chi connectivity index (χ1v) is 7.59. The molecule has 0 spiro atoms. The monoisotopic (exact) mass is 464 g/mol. The first-order valence-electron chi connectivity index (χ1n) is 4.68. The number of nitrogens with one attached hydrogen (secondary N) is 1. The van der Waals surface area contributed by atoms with Crippen molar-refractivity contribution in [3.05, 3.63) is 29.6 Å². The lowest BCUT2D eigenvalue weighted by Gasteiger charge is -2.14. The molecule has 5 nitrogen and oxygen atoms in total. The molecule has 1 rings (SSSR count). The molecule has 2 N–H and O–H groups in total. The fourth-order valence-corrected chi connectivity index (χ4v) is 3.98. The lowest BCUT2D eigenvalue weighted by atomic mass is 10.2. The first-order chi connectivity index (χ1) is 8.38. The lowest BCUT2D eigenvalue weighted by Crippen LogP contribution is -2.21. The summed E-state index contributed by atoms with van der Waals surface area (Å²) in [5, 5.41) is 23.2. The highest BCUT2D eigenvalue weighted by molar-refractivity contribution is 9.11. The maximum Gasteiger partial charge on any atom is 0.299 e. The van der Waals surface area contributed by atoms with Gasteiger partial charge in [-0.1, -0.05) is 0 Å². The van der Waals surface area contributed by atoms with E-state index >= 15 is 0 Å². The van der Waals surface area contributed by atoms with Crippen LogP contribution in [0.5, 0.6) is 0 Å².